The number of hydrogen-bond donors (Lipinski definition) is 0. The van der Waals surface area contributed by atoms with Gasteiger partial charge in [0.25, 0.3) is 0 Å². The molecule has 0 aromatic rings. The Morgan fingerprint density at radius 1 is 1.28 bits per heavy atom. The molecule has 0 aromatic carbocycles. The van der Waals surface area contributed by atoms with Gasteiger partial charge in [-0.05, 0) is 40.0 Å². The van der Waals surface area contributed by atoms with Gasteiger partial charge in [0.05, 0.1) is 12.5 Å². The van der Waals surface area contributed by atoms with Crippen LogP contribution in [0.1, 0.15) is 46.5 Å². The van der Waals surface area contributed by atoms with Gasteiger partial charge in [0.15, 0.2) is 0 Å². The fraction of sp³-hybridized carbons (Fsp3) is 0.714. The quantitative estimate of drug-likeness (QED) is 0.571. The molecule has 0 saturated heterocycles. The molecule has 1 fully saturated rings. The Morgan fingerprint density at radius 2 is 1.89 bits per heavy atom. The van der Waals surface area contributed by atoms with Crippen molar-refractivity contribution in [2.75, 3.05) is 7.11 Å². The molecule has 18 heavy (non-hydrogen) atoms. The normalized spacial score (nSPS) is 18.2. The van der Waals surface area contributed by atoms with Crippen LogP contribution >= 0.6 is 0 Å². The number of ether oxygens (including phenoxy) is 2. The van der Waals surface area contributed by atoms with Gasteiger partial charge in [0, 0.05) is 6.08 Å². The highest BCUT2D eigenvalue weighted by atomic mass is 16.6. The molecule has 4 heteroatoms. The molecule has 0 aromatic heterocycles. The Bertz CT molecular complexity index is 345. The van der Waals surface area contributed by atoms with E-state index in [4.69, 9.17) is 4.74 Å². The van der Waals surface area contributed by atoms with Crippen molar-refractivity contribution in [2.24, 2.45) is 5.41 Å². The molecular formula is C14H22O4. The molecular weight excluding hydrogens is 232 g/mol. The smallest absolute Gasteiger partial charge is 0.330 e. The third kappa shape index (κ3) is 3.86. The Labute approximate surface area is 108 Å². The molecule has 102 valence electrons. The zero-order valence-corrected chi connectivity index (χ0v) is 11.6. The SMILES string of the molecule is COC(=O)/C=C/CC1(C(=O)OC(C)(C)C)CCC1. The molecule has 0 N–H and O–H groups in total. The number of carbonyl (C=O) groups excluding carboxylic acids is 2. The van der Waals surface area contributed by atoms with Crippen molar-refractivity contribution in [1.29, 1.82) is 0 Å². The van der Waals surface area contributed by atoms with Crippen LogP contribution in [0.3, 0.4) is 0 Å². The van der Waals surface area contributed by atoms with Crippen molar-refractivity contribution >= 4 is 11.9 Å². The second-order valence-electron chi connectivity index (χ2n) is 5.77. The number of methoxy groups -OCH3 is 1. The van der Waals surface area contributed by atoms with Crippen molar-refractivity contribution in [3.05, 3.63) is 12.2 Å². The Morgan fingerprint density at radius 3 is 2.28 bits per heavy atom. The summed E-state index contributed by atoms with van der Waals surface area (Å²) in [6.45, 7) is 5.59. The van der Waals surface area contributed by atoms with E-state index in [0.29, 0.717) is 6.42 Å². The molecule has 0 spiro atoms. The third-order valence-corrected chi connectivity index (χ3v) is 3.11. The number of allylic oxidation sites excluding steroid dienone is 1. The zero-order chi connectivity index (χ0) is 13.8. The predicted molar refractivity (Wildman–Crippen MR) is 67.9 cm³/mol. The van der Waals surface area contributed by atoms with E-state index in [-0.39, 0.29) is 5.97 Å². The van der Waals surface area contributed by atoms with Gasteiger partial charge in [-0.1, -0.05) is 12.5 Å². The van der Waals surface area contributed by atoms with Gasteiger partial charge in [-0.15, -0.1) is 0 Å². The lowest BCUT2D eigenvalue weighted by atomic mass is 9.66. The van der Waals surface area contributed by atoms with Crippen LogP contribution in [-0.4, -0.2) is 24.6 Å². The first-order valence-electron chi connectivity index (χ1n) is 6.27. The zero-order valence-electron chi connectivity index (χ0n) is 11.6. The van der Waals surface area contributed by atoms with Crippen LogP contribution in [0.4, 0.5) is 0 Å². The molecule has 0 unspecified atom stereocenters. The average molecular weight is 254 g/mol. The second-order valence-corrected chi connectivity index (χ2v) is 5.77. The maximum Gasteiger partial charge on any atom is 0.330 e. The van der Waals surface area contributed by atoms with Crippen molar-refractivity contribution in [3.63, 3.8) is 0 Å². The molecule has 1 aliphatic carbocycles. The number of esters is 2. The molecule has 0 radical (unpaired) electrons. The molecule has 0 atom stereocenters. The van der Waals surface area contributed by atoms with Crippen molar-refractivity contribution in [3.8, 4) is 0 Å². The molecule has 4 nitrogen and oxygen atoms in total. The van der Waals surface area contributed by atoms with Gasteiger partial charge in [-0.25, -0.2) is 4.79 Å². The van der Waals surface area contributed by atoms with E-state index in [9.17, 15) is 9.59 Å². The van der Waals surface area contributed by atoms with Crippen molar-refractivity contribution in [1.82, 2.24) is 0 Å². The minimum atomic E-state index is -0.467. The topological polar surface area (TPSA) is 52.6 Å². The lowest BCUT2D eigenvalue weighted by molar-refractivity contribution is -0.173. The van der Waals surface area contributed by atoms with E-state index in [2.05, 4.69) is 4.74 Å². The number of carbonyl (C=O) groups is 2. The molecule has 0 heterocycles. The summed E-state index contributed by atoms with van der Waals surface area (Å²) in [4.78, 5) is 23.1. The third-order valence-electron chi connectivity index (χ3n) is 3.11. The second kappa shape index (κ2) is 5.55. The summed E-state index contributed by atoms with van der Waals surface area (Å²) in [5.74, 6) is -0.551. The van der Waals surface area contributed by atoms with Gasteiger partial charge in [0.1, 0.15) is 5.60 Å². The van der Waals surface area contributed by atoms with E-state index in [1.165, 1.54) is 13.2 Å². The Balaban J connectivity index is 2.60. The first-order valence-corrected chi connectivity index (χ1v) is 6.27. The highest BCUT2D eigenvalue weighted by Gasteiger charge is 2.45. The van der Waals surface area contributed by atoms with E-state index >= 15 is 0 Å². The minimum Gasteiger partial charge on any atom is -0.466 e. The maximum atomic E-state index is 12.1. The van der Waals surface area contributed by atoms with E-state index < -0.39 is 17.0 Å². The standard InChI is InChI=1S/C14H22O4/c1-13(2,3)18-12(16)14(9-6-10-14)8-5-7-11(15)17-4/h5,7H,6,8-10H2,1-4H3/b7-5+. The van der Waals surface area contributed by atoms with Gasteiger partial charge >= 0.3 is 11.9 Å². The molecule has 1 rings (SSSR count). The highest BCUT2D eigenvalue weighted by molar-refractivity contribution is 5.82. The summed E-state index contributed by atoms with van der Waals surface area (Å²) < 4.78 is 9.96. The van der Waals surface area contributed by atoms with Crippen LogP contribution in [0.5, 0.6) is 0 Å². The molecule has 1 aliphatic rings. The summed E-state index contributed by atoms with van der Waals surface area (Å²) >= 11 is 0. The molecule has 0 amide bonds. The van der Waals surface area contributed by atoms with Gasteiger partial charge < -0.3 is 9.47 Å². The maximum absolute atomic E-state index is 12.1. The summed E-state index contributed by atoms with van der Waals surface area (Å²) in [5, 5.41) is 0. The largest absolute Gasteiger partial charge is 0.466 e. The lowest BCUT2D eigenvalue weighted by Gasteiger charge is -2.40. The average Bonchev–Trinajstić information content (AvgIpc) is 2.18. The Kier molecular flexibility index (Phi) is 4.54. The van der Waals surface area contributed by atoms with E-state index in [1.54, 1.807) is 6.08 Å². The van der Waals surface area contributed by atoms with Crippen LogP contribution in [0.25, 0.3) is 0 Å². The summed E-state index contributed by atoms with van der Waals surface area (Å²) in [5.41, 5.74) is -0.899. The van der Waals surface area contributed by atoms with Crippen molar-refractivity contribution < 1.29 is 19.1 Å². The van der Waals surface area contributed by atoms with Gasteiger partial charge in [-0.3, -0.25) is 4.79 Å². The first kappa shape index (κ1) is 14.7. The summed E-state index contributed by atoms with van der Waals surface area (Å²) in [6.07, 6.45) is 6.29. The van der Waals surface area contributed by atoms with Crippen LogP contribution < -0.4 is 0 Å². The number of rotatable bonds is 4. The van der Waals surface area contributed by atoms with Gasteiger partial charge in [0.2, 0.25) is 0 Å². The fourth-order valence-electron chi connectivity index (χ4n) is 1.93. The molecule has 1 saturated carbocycles. The van der Waals surface area contributed by atoms with E-state index in [0.717, 1.165) is 19.3 Å². The molecule has 0 bridgehead atoms. The van der Waals surface area contributed by atoms with Crippen LogP contribution in [0.15, 0.2) is 12.2 Å². The van der Waals surface area contributed by atoms with Gasteiger partial charge in [-0.2, -0.15) is 0 Å². The first-order chi connectivity index (χ1) is 8.29. The Hall–Kier alpha value is -1.32. The van der Waals surface area contributed by atoms with Crippen LogP contribution in [-0.2, 0) is 19.1 Å². The monoisotopic (exact) mass is 254 g/mol. The summed E-state index contributed by atoms with van der Waals surface area (Å²) in [7, 11) is 1.33. The van der Waals surface area contributed by atoms with Crippen LogP contribution in [0.2, 0.25) is 0 Å². The summed E-state index contributed by atoms with van der Waals surface area (Å²) in [6, 6.07) is 0. The fourth-order valence-corrected chi connectivity index (χ4v) is 1.93. The number of hydrogen-bond acceptors (Lipinski definition) is 4. The van der Waals surface area contributed by atoms with Crippen molar-refractivity contribution in [2.45, 2.75) is 52.1 Å². The predicted octanol–water partition coefficient (Wildman–Crippen LogP) is 2.62. The molecule has 0 aliphatic heterocycles. The highest BCUT2D eigenvalue weighted by Crippen LogP contribution is 2.46. The van der Waals surface area contributed by atoms with E-state index in [1.807, 2.05) is 20.8 Å². The lowest BCUT2D eigenvalue weighted by Crippen LogP contribution is -2.42. The van der Waals surface area contributed by atoms with Crippen LogP contribution in [0, 0.1) is 5.41 Å². The minimum absolute atomic E-state index is 0.157.